The number of hydrogen-bond donors (Lipinski definition) is 1. The van der Waals surface area contributed by atoms with E-state index in [9.17, 15) is 4.79 Å². The molecule has 0 saturated heterocycles. The van der Waals surface area contributed by atoms with E-state index in [2.05, 4.69) is 34.3 Å². The molecule has 0 fully saturated rings. The van der Waals surface area contributed by atoms with E-state index in [4.69, 9.17) is 4.52 Å². The molecule has 7 heteroatoms. The van der Waals surface area contributed by atoms with Crippen LogP contribution in [0.4, 0.5) is 0 Å². The molecule has 2 aromatic heterocycles. The van der Waals surface area contributed by atoms with Gasteiger partial charge in [-0.15, -0.1) is 0 Å². The Kier molecular flexibility index (Phi) is 5.94. The van der Waals surface area contributed by atoms with Gasteiger partial charge in [0.05, 0.1) is 11.3 Å². The predicted molar refractivity (Wildman–Crippen MR) is 85.5 cm³/mol. The number of aromatic nitrogens is 3. The first kappa shape index (κ1) is 16.5. The molecule has 6 nitrogen and oxygen atoms in total. The third-order valence-electron chi connectivity index (χ3n) is 2.92. The maximum absolute atomic E-state index is 11.8. The van der Waals surface area contributed by atoms with E-state index in [1.807, 2.05) is 12.1 Å². The van der Waals surface area contributed by atoms with Gasteiger partial charge in [0.25, 0.3) is 0 Å². The number of nitrogens with zero attached hydrogens (tertiary/aromatic N) is 3. The van der Waals surface area contributed by atoms with Crippen molar-refractivity contribution in [1.29, 1.82) is 0 Å². The summed E-state index contributed by atoms with van der Waals surface area (Å²) in [4.78, 5) is 20.4. The number of thioether (sulfide) groups is 1. The normalized spacial score (nSPS) is 10.9. The van der Waals surface area contributed by atoms with Crippen LogP contribution in [0.3, 0.4) is 0 Å². The summed E-state index contributed by atoms with van der Waals surface area (Å²) in [6.45, 7) is 6.71. The molecule has 0 saturated carbocycles. The number of rotatable bonds is 7. The minimum Gasteiger partial charge on any atom is -0.355 e. The van der Waals surface area contributed by atoms with Gasteiger partial charge in [-0.25, -0.2) is 4.98 Å². The highest BCUT2D eigenvalue weighted by Crippen LogP contribution is 2.27. The van der Waals surface area contributed by atoms with E-state index in [-0.39, 0.29) is 5.91 Å². The Balaban J connectivity index is 1.94. The van der Waals surface area contributed by atoms with E-state index in [1.54, 1.807) is 13.1 Å². The molecule has 0 bridgehead atoms. The van der Waals surface area contributed by atoms with Crippen LogP contribution in [0.15, 0.2) is 27.9 Å². The molecule has 0 aromatic carbocycles. The fourth-order valence-corrected chi connectivity index (χ4v) is 2.59. The zero-order valence-corrected chi connectivity index (χ0v) is 13.8. The van der Waals surface area contributed by atoms with Crippen molar-refractivity contribution in [2.75, 3.05) is 12.3 Å². The summed E-state index contributed by atoms with van der Waals surface area (Å²) in [5.74, 6) is 1.90. The van der Waals surface area contributed by atoms with Gasteiger partial charge in [0.2, 0.25) is 17.6 Å². The van der Waals surface area contributed by atoms with Crippen molar-refractivity contribution < 1.29 is 9.32 Å². The maximum Gasteiger partial charge on any atom is 0.230 e. The van der Waals surface area contributed by atoms with Crippen molar-refractivity contribution in [2.45, 2.75) is 32.2 Å². The van der Waals surface area contributed by atoms with Crippen LogP contribution in [0.25, 0.3) is 11.4 Å². The maximum atomic E-state index is 11.8. The molecule has 0 aliphatic rings. The molecule has 2 aromatic rings. The number of aryl methyl sites for hydroxylation is 1. The fraction of sp³-hybridized carbons (Fsp3) is 0.467. The number of hydrogen-bond acceptors (Lipinski definition) is 6. The lowest BCUT2D eigenvalue weighted by Crippen LogP contribution is -2.26. The van der Waals surface area contributed by atoms with Crippen LogP contribution in [0.5, 0.6) is 0 Å². The first-order chi connectivity index (χ1) is 10.6. The quantitative estimate of drug-likeness (QED) is 0.790. The first-order valence-electron chi connectivity index (χ1n) is 7.21. The van der Waals surface area contributed by atoms with Gasteiger partial charge in [0.1, 0.15) is 5.03 Å². The number of amides is 1. The van der Waals surface area contributed by atoms with E-state index in [0.717, 1.165) is 17.0 Å². The Labute approximate surface area is 134 Å². The molecule has 0 radical (unpaired) electrons. The van der Waals surface area contributed by atoms with Gasteiger partial charge in [0, 0.05) is 19.7 Å². The second kappa shape index (κ2) is 7.93. The second-order valence-corrected chi connectivity index (χ2v) is 6.28. The molecular weight excluding hydrogens is 300 g/mol. The minimum absolute atomic E-state index is 0.00606. The van der Waals surface area contributed by atoms with Crippen molar-refractivity contribution in [3.05, 3.63) is 24.2 Å². The zero-order chi connectivity index (χ0) is 15.9. The van der Waals surface area contributed by atoms with E-state index in [1.165, 1.54) is 11.8 Å². The summed E-state index contributed by atoms with van der Waals surface area (Å²) in [7, 11) is 0. The number of pyridine rings is 1. The summed E-state index contributed by atoms with van der Waals surface area (Å²) in [5.41, 5.74) is 0.777. The molecule has 118 valence electrons. The van der Waals surface area contributed by atoms with Gasteiger partial charge in [-0.05, 0) is 24.5 Å². The SMILES string of the molecule is Cc1nc(-c2cccnc2SCC(=O)NCCC(C)C)no1. The van der Waals surface area contributed by atoms with Crippen LogP contribution in [-0.4, -0.2) is 33.3 Å². The molecule has 22 heavy (non-hydrogen) atoms. The molecular formula is C15H20N4O2S. The summed E-state index contributed by atoms with van der Waals surface area (Å²) < 4.78 is 5.00. The van der Waals surface area contributed by atoms with Gasteiger partial charge in [-0.1, -0.05) is 30.8 Å². The van der Waals surface area contributed by atoms with E-state index >= 15 is 0 Å². The first-order valence-corrected chi connectivity index (χ1v) is 8.20. The van der Waals surface area contributed by atoms with Crippen LogP contribution in [0.2, 0.25) is 0 Å². The molecule has 0 aliphatic carbocycles. The van der Waals surface area contributed by atoms with Crippen molar-refractivity contribution >= 4 is 17.7 Å². The van der Waals surface area contributed by atoms with Gasteiger partial charge < -0.3 is 9.84 Å². The number of nitrogens with one attached hydrogen (secondary N) is 1. The highest BCUT2D eigenvalue weighted by Gasteiger charge is 2.13. The van der Waals surface area contributed by atoms with Gasteiger partial charge in [0.15, 0.2) is 0 Å². The van der Waals surface area contributed by atoms with Gasteiger partial charge in [-0.3, -0.25) is 4.79 Å². The van der Waals surface area contributed by atoms with E-state index < -0.39 is 0 Å². The summed E-state index contributed by atoms with van der Waals surface area (Å²) >= 11 is 1.37. The van der Waals surface area contributed by atoms with Crippen LogP contribution in [-0.2, 0) is 4.79 Å². The molecule has 1 N–H and O–H groups in total. The third kappa shape index (κ3) is 4.84. The molecule has 1 amide bonds. The predicted octanol–water partition coefficient (Wildman–Crippen LogP) is 2.69. The number of carbonyl (C=O) groups excluding carboxylic acids is 1. The Morgan fingerprint density at radius 1 is 1.45 bits per heavy atom. The largest absolute Gasteiger partial charge is 0.355 e. The van der Waals surface area contributed by atoms with Crippen molar-refractivity contribution in [1.82, 2.24) is 20.4 Å². The number of carbonyl (C=O) groups is 1. The topological polar surface area (TPSA) is 80.9 Å². The Bertz CT molecular complexity index is 628. The monoisotopic (exact) mass is 320 g/mol. The Morgan fingerprint density at radius 3 is 2.95 bits per heavy atom. The third-order valence-corrected chi connectivity index (χ3v) is 3.93. The van der Waals surface area contributed by atoms with Crippen molar-refractivity contribution in [3.8, 4) is 11.4 Å². The minimum atomic E-state index is 0.00606. The highest BCUT2D eigenvalue weighted by atomic mass is 32.2. The van der Waals surface area contributed by atoms with Crippen LogP contribution in [0, 0.1) is 12.8 Å². The van der Waals surface area contributed by atoms with Gasteiger partial charge >= 0.3 is 0 Å². The average molecular weight is 320 g/mol. The average Bonchev–Trinajstić information content (AvgIpc) is 2.91. The fourth-order valence-electron chi connectivity index (χ4n) is 1.77. The van der Waals surface area contributed by atoms with Crippen LogP contribution in [0.1, 0.15) is 26.2 Å². The van der Waals surface area contributed by atoms with E-state index in [0.29, 0.717) is 29.9 Å². The van der Waals surface area contributed by atoms with Crippen molar-refractivity contribution in [3.63, 3.8) is 0 Å². The Hall–Kier alpha value is -1.89. The second-order valence-electron chi connectivity index (χ2n) is 5.31. The Morgan fingerprint density at radius 2 is 2.27 bits per heavy atom. The molecule has 0 atom stereocenters. The lowest BCUT2D eigenvalue weighted by molar-refractivity contribution is -0.118. The molecule has 0 spiro atoms. The standard InChI is InChI=1S/C15H20N4O2S/c1-10(2)6-8-16-13(20)9-22-15-12(5-4-7-17-15)14-18-11(3)21-19-14/h4-5,7,10H,6,8-9H2,1-3H3,(H,16,20). The zero-order valence-electron chi connectivity index (χ0n) is 13.0. The lowest BCUT2D eigenvalue weighted by atomic mass is 10.1. The summed E-state index contributed by atoms with van der Waals surface area (Å²) in [6.07, 6.45) is 2.67. The molecule has 2 heterocycles. The van der Waals surface area contributed by atoms with Crippen molar-refractivity contribution in [2.24, 2.45) is 5.92 Å². The smallest absolute Gasteiger partial charge is 0.230 e. The lowest BCUT2D eigenvalue weighted by Gasteiger charge is -2.07. The van der Waals surface area contributed by atoms with Crippen LogP contribution < -0.4 is 5.32 Å². The van der Waals surface area contributed by atoms with Gasteiger partial charge in [-0.2, -0.15) is 4.98 Å². The highest BCUT2D eigenvalue weighted by molar-refractivity contribution is 8.00. The summed E-state index contributed by atoms with van der Waals surface area (Å²) in [6, 6.07) is 3.68. The molecule has 0 unspecified atom stereocenters. The summed E-state index contributed by atoms with van der Waals surface area (Å²) in [5, 5.41) is 7.54. The molecule has 0 aliphatic heterocycles. The molecule has 2 rings (SSSR count). The van der Waals surface area contributed by atoms with Crippen LogP contribution >= 0.6 is 11.8 Å².